The van der Waals surface area contributed by atoms with Crippen LogP contribution in [0.2, 0.25) is 0 Å². The minimum absolute atomic E-state index is 0. The second kappa shape index (κ2) is 7.23. The second-order valence-electron chi connectivity index (χ2n) is 3.68. The molecule has 0 saturated heterocycles. The average Bonchev–Trinajstić information content (AvgIpc) is 2.13. The van der Waals surface area contributed by atoms with E-state index in [-0.39, 0.29) is 9.90 Å². The molecule has 0 radical (unpaired) electrons. The molecular formula is C11H25O2P. The fourth-order valence-corrected chi connectivity index (χ4v) is 2.37. The van der Waals surface area contributed by atoms with Gasteiger partial charge in [0.05, 0.1) is 5.41 Å². The minimum atomic E-state index is -0.619. The fourth-order valence-electron chi connectivity index (χ4n) is 2.37. The molecule has 1 unspecified atom stereocenters. The Balaban J connectivity index is 0. The molecule has 0 aliphatic heterocycles. The molecule has 2 nitrogen and oxygen atoms in total. The largest absolute Gasteiger partial charge is 0.481 e. The summed E-state index contributed by atoms with van der Waals surface area (Å²) >= 11 is 0. The Hall–Kier alpha value is -0.100. The van der Waals surface area contributed by atoms with E-state index in [0.717, 1.165) is 25.7 Å². The van der Waals surface area contributed by atoms with Crippen LogP contribution in [0.3, 0.4) is 0 Å². The molecule has 1 atom stereocenters. The topological polar surface area (TPSA) is 37.3 Å². The van der Waals surface area contributed by atoms with Gasteiger partial charge in [0.25, 0.3) is 0 Å². The van der Waals surface area contributed by atoms with Crippen molar-refractivity contribution < 1.29 is 9.90 Å². The van der Waals surface area contributed by atoms with Crippen molar-refractivity contribution >= 4 is 15.9 Å². The number of carboxylic acid groups (broad SMARTS) is 1. The third-order valence-electron chi connectivity index (χ3n) is 3.45. The van der Waals surface area contributed by atoms with Gasteiger partial charge in [-0.1, -0.05) is 40.5 Å². The van der Waals surface area contributed by atoms with Gasteiger partial charge in [-0.05, 0) is 18.8 Å². The normalized spacial score (nSPS) is 11.2. The van der Waals surface area contributed by atoms with E-state index in [1.54, 1.807) is 0 Å². The molecule has 0 bridgehead atoms. The molecule has 0 spiro atoms. The van der Waals surface area contributed by atoms with Crippen LogP contribution < -0.4 is 0 Å². The van der Waals surface area contributed by atoms with Gasteiger partial charge in [0.2, 0.25) is 0 Å². The van der Waals surface area contributed by atoms with E-state index in [1.807, 2.05) is 13.8 Å². The first-order chi connectivity index (χ1) is 6.08. The Kier molecular flexibility index (Phi) is 8.43. The first-order valence-electron chi connectivity index (χ1n) is 5.32. The molecule has 0 aromatic carbocycles. The van der Waals surface area contributed by atoms with Crippen LogP contribution in [0.4, 0.5) is 0 Å². The molecule has 0 aromatic rings. The SMILES string of the molecule is CCC(CC)C(CC)(CC)C(=O)O.P. The molecule has 0 heterocycles. The lowest BCUT2D eigenvalue weighted by Crippen LogP contribution is -2.37. The van der Waals surface area contributed by atoms with Crippen molar-refractivity contribution in [2.75, 3.05) is 0 Å². The zero-order valence-electron chi connectivity index (χ0n) is 9.97. The van der Waals surface area contributed by atoms with Crippen LogP contribution in [0.5, 0.6) is 0 Å². The van der Waals surface area contributed by atoms with E-state index < -0.39 is 11.4 Å². The summed E-state index contributed by atoms with van der Waals surface area (Å²) in [6, 6.07) is 0. The quantitative estimate of drug-likeness (QED) is 0.697. The minimum Gasteiger partial charge on any atom is -0.481 e. The Morgan fingerprint density at radius 1 is 1.14 bits per heavy atom. The summed E-state index contributed by atoms with van der Waals surface area (Å²) in [6.07, 6.45) is 3.41. The summed E-state index contributed by atoms with van der Waals surface area (Å²) in [5.41, 5.74) is -0.483. The van der Waals surface area contributed by atoms with Crippen molar-refractivity contribution in [2.45, 2.75) is 53.4 Å². The third-order valence-corrected chi connectivity index (χ3v) is 3.45. The molecular weight excluding hydrogens is 195 g/mol. The summed E-state index contributed by atoms with van der Waals surface area (Å²) < 4.78 is 0. The highest BCUT2D eigenvalue weighted by Crippen LogP contribution is 2.39. The van der Waals surface area contributed by atoms with Gasteiger partial charge in [-0.3, -0.25) is 4.79 Å². The Labute approximate surface area is 91.1 Å². The molecule has 0 aliphatic carbocycles. The predicted octanol–water partition coefficient (Wildman–Crippen LogP) is 3.37. The molecule has 86 valence electrons. The zero-order valence-corrected chi connectivity index (χ0v) is 11.4. The summed E-state index contributed by atoms with van der Waals surface area (Å²) in [5.74, 6) is -0.300. The monoisotopic (exact) mass is 220 g/mol. The first kappa shape index (κ1) is 16.3. The van der Waals surface area contributed by atoms with E-state index in [1.165, 1.54) is 0 Å². The summed E-state index contributed by atoms with van der Waals surface area (Å²) in [5, 5.41) is 9.26. The number of carbonyl (C=O) groups is 1. The highest BCUT2D eigenvalue weighted by Gasteiger charge is 2.40. The van der Waals surface area contributed by atoms with Crippen LogP contribution in [0.15, 0.2) is 0 Å². The number of hydrogen-bond donors (Lipinski definition) is 1. The van der Waals surface area contributed by atoms with Crippen molar-refractivity contribution in [1.82, 2.24) is 0 Å². The smallest absolute Gasteiger partial charge is 0.309 e. The van der Waals surface area contributed by atoms with Crippen molar-refractivity contribution in [3.63, 3.8) is 0 Å². The van der Waals surface area contributed by atoms with Crippen molar-refractivity contribution in [1.29, 1.82) is 0 Å². The van der Waals surface area contributed by atoms with Crippen LogP contribution >= 0.6 is 9.90 Å². The van der Waals surface area contributed by atoms with Gasteiger partial charge in [0, 0.05) is 0 Å². The van der Waals surface area contributed by atoms with Crippen LogP contribution in [-0.4, -0.2) is 11.1 Å². The van der Waals surface area contributed by atoms with Gasteiger partial charge >= 0.3 is 5.97 Å². The van der Waals surface area contributed by atoms with Gasteiger partial charge in [0.1, 0.15) is 0 Å². The maximum absolute atomic E-state index is 11.2. The molecule has 3 heteroatoms. The highest BCUT2D eigenvalue weighted by atomic mass is 31.0. The molecule has 0 saturated carbocycles. The lowest BCUT2D eigenvalue weighted by molar-refractivity contribution is -0.153. The summed E-state index contributed by atoms with van der Waals surface area (Å²) in [6.45, 7) is 8.13. The van der Waals surface area contributed by atoms with Gasteiger partial charge < -0.3 is 5.11 Å². The number of hydrogen-bond acceptors (Lipinski definition) is 1. The van der Waals surface area contributed by atoms with Crippen LogP contribution in [0.25, 0.3) is 0 Å². The maximum atomic E-state index is 11.2. The van der Waals surface area contributed by atoms with Crippen LogP contribution in [0.1, 0.15) is 53.4 Å². The molecule has 0 rings (SSSR count). The lowest BCUT2D eigenvalue weighted by Gasteiger charge is -2.34. The predicted molar refractivity (Wildman–Crippen MR) is 65.8 cm³/mol. The van der Waals surface area contributed by atoms with Crippen molar-refractivity contribution in [3.05, 3.63) is 0 Å². The highest BCUT2D eigenvalue weighted by molar-refractivity contribution is 6.92. The summed E-state index contributed by atoms with van der Waals surface area (Å²) in [4.78, 5) is 11.2. The molecule has 0 fully saturated rings. The fraction of sp³-hybridized carbons (Fsp3) is 0.909. The van der Waals surface area contributed by atoms with Gasteiger partial charge in [-0.15, -0.1) is 0 Å². The van der Waals surface area contributed by atoms with E-state index >= 15 is 0 Å². The van der Waals surface area contributed by atoms with Crippen LogP contribution in [-0.2, 0) is 4.79 Å². The van der Waals surface area contributed by atoms with Gasteiger partial charge in [-0.2, -0.15) is 9.90 Å². The van der Waals surface area contributed by atoms with Gasteiger partial charge in [0.15, 0.2) is 0 Å². The van der Waals surface area contributed by atoms with E-state index in [0.29, 0.717) is 5.92 Å². The number of rotatable bonds is 6. The third kappa shape index (κ3) is 2.95. The van der Waals surface area contributed by atoms with E-state index in [4.69, 9.17) is 0 Å². The van der Waals surface area contributed by atoms with E-state index in [2.05, 4.69) is 13.8 Å². The molecule has 0 aliphatic rings. The Morgan fingerprint density at radius 3 is 1.57 bits per heavy atom. The lowest BCUT2D eigenvalue weighted by atomic mass is 9.69. The Morgan fingerprint density at radius 2 is 1.50 bits per heavy atom. The number of carboxylic acids is 1. The van der Waals surface area contributed by atoms with Gasteiger partial charge in [-0.25, -0.2) is 0 Å². The van der Waals surface area contributed by atoms with Crippen molar-refractivity contribution in [2.24, 2.45) is 11.3 Å². The molecule has 0 aromatic heterocycles. The zero-order chi connectivity index (χ0) is 10.5. The Bertz CT molecular complexity index is 161. The summed E-state index contributed by atoms with van der Waals surface area (Å²) in [7, 11) is 0. The maximum Gasteiger partial charge on any atom is 0.309 e. The van der Waals surface area contributed by atoms with Crippen molar-refractivity contribution in [3.8, 4) is 0 Å². The molecule has 1 N–H and O–H groups in total. The average molecular weight is 220 g/mol. The van der Waals surface area contributed by atoms with E-state index in [9.17, 15) is 9.90 Å². The number of aliphatic carboxylic acids is 1. The second-order valence-corrected chi connectivity index (χ2v) is 3.68. The standard InChI is InChI=1S/C11H22O2.H3P/c1-5-9(6-2)11(7-3,8-4)10(12)13;/h9H,5-8H2,1-4H3,(H,12,13);1H3. The molecule has 0 amide bonds. The molecule has 14 heavy (non-hydrogen) atoms. The first-order valence-corrected chi connectivity index (χ1v) is 5.32. The van der Waals surface area contributed by atoms with Crippen LogP contribution in [0, 0.1) is 11.3 Å².